The van der Waals surface area contributed by atoms with Crippen molar-refractivity contribution in [3.05, 3.63) is 35.9 Å². The van der Waals surface area contributed by atoms with Gasteiger partial charge in [0, 0.05) is 0 Å². The molecule has 1 aromatic rings. The molecule has 2 aliphatic rings. The van der Waals surface area contributed by atoms with Gasteiger partial charge in [0.25, 0.3) is 0 Å². The highest BCUT2D eigenvalue weighted by Gasteiger charge is 2.49. The smallest absolute Gasteiger partial charge is 0.411 e. The molecule has 8 heteroatoms. The van der Waals surface area contributed by atoms with Crippen LogP contribution < -0.4 is 5.32 Å². The molecular weight excluding hydrogens is 424 g/mol. The first kappa shape index (κ1) is 24.7. The Morgan fingerprint density at radius 2 is 1.53 bits per heavy atom. The predicted octanol–water partition coefficient (Wildman–Crippen LogP) is 4.60. The Kier molecular flexibility index (Phi) is 7.67. The van der Waals surface area contributed by atoms with Crippen LogP contribution in [0, 0.1) is 0 Å². The minimum atomic E-state index is -2.12. The summed E-state index contributed by atoms with van der Waals surface area (Å²) in [5, 5.41) is 2.96. The molecule has 1 aromatic carbocycles. The van der Waals surface area contributed by atoms with E-state index in [1.807, 2.05) is 37.3 Å². The summed E-state index contributed by atoms with van der Waals surface area (Å²) in [4.78, 5) is 27.1. The molecule has 2 amide bonds. The number of amides is 2. The van der Waals surface area contributed by atoms with Crippen LogP contribution in [-0.4, -0.2) is 56.8 Å². The lowest BCUT2D eigenvalue weighted by Gasteiger charge is -2.46. The highest BCUT2D eigenvalue weighted by molar-refractivity contribution is 6.77. The number of benzene rings is 1. The van der Waals surface area contributed by atoms with Crippen LogP contribution in [0.1, 0.15) is 60.1 Å². The summed E-state index contributed by atoms with van der Waals surface area (Å²) in [7, 11) is -2.12. The van der Waals surface area contributed by atoms with Crippen molar-refractivity contribution >= 4 is 20.3 Å². The topological polar surface area (TPSA) is 77.1 Å². The van der Waals surface area contributed by atoms with Gasteiger partial charge in [0.1, 0.15) is 12.6 Å². The first-order valence-electron chi connectivity index (χ1n) is 11.7. The average molecular weight is 463 g/mol. The Hall–Kier alpha value is -1.90. The summed E-state index contributed by atoms with van der Waals surface area (Å²) in [6.07, 6.45) is -1.32. The number of carbonyl (C=O) groups is 2. The lowest BCUT2D eigenvalue weighted by molar-refractivity contribution is -0.150. The Morgan fingerprint density at radius 3 is 2.06 bits per heavy atom. The van der Waals surface area contributed by atoms with Crippen LogP contribution in [0.3, 0.4) is 0 Å². The molecule has 0 saturated carbocycles. The minimum absolute atomic E-state index is 0.113. The largest absolute Gasteiger partial charge is 0.447 e. The van der Waals surface area contributed by atoms with Gasteiger partial charge in [0.2, 0.25) is 14.2 Å². The third-order valence-electron chi connectivity index (χ3n) is 6.98. The zero-order valence-electron chi connectivity index (χ0n) is 20.3. The van der Waals surface area contributed by atoms with Crippen molar-refractivity contribution in [2.75, 3.05) is 13.2 Å². The van der Waals surface area contributed by atoms with Gasteiger partial charge in [-0.1, -0.05) is 71.9 Å². The van der Waals surface area contributed by atoms with E-state index in [0.717, 1.165) is 5.56 Å². The summed E-state index contributed by atoms with van der Waals surface area (Å²) < 4.78 is 18.1. The SMILES string of the molecule is CC(C)[Si](O[C@@H](C)[C@@H]1NC(=O)[C@H](N2C(=O)OC[C@@H]2c2ccccc2)CO1)(C(C)C)C(C)C. The van der Waals surface area contributed by atoms with E-state index in [-0.39, 0.29) is 31.3 Å². The van der Waals surface area contributed by atoms with Gasteiger partial charge in [-0.15, -0.1) is 0 Å². The molecule has 0 bridgehead atoms. The molecular formula is C24H38N2O5Si. The Bertz CT molecular complexity index is 779. The summed E-state index contributed by atoms with van der Waals surface area (Å²) >= 11 is 0. The summed E-state index contributed by atoms with van der Waals surface area (Å²) in [5.41, 5.74) is 2.24. The van der Waals surface area contributed by atoms with Gasteiger partial charge in [0.15, 0.2) is 6.23 Å². The van der Waals surface area contributed by atoms with E-state index >= 15 is 0 Å². The maximum atomic E-state index is 13.1. The molecule has 32 heavy (non-hydrogen) atoms. The first-order chi connectivity index (χ1) is 15.1. The van der Waals surface area contributed by atoms with E-state index < -0.39 is 26.7 Å². The molecule has 0 spiro atoms. The third kappa shape index (κ3) is 4.58. The molecule has 178 valence electrons. The number of hydrogen-bond acceptors (Lipinski definition) is 5. The second kappa shape index (κ2) is 9.93. The lowest BCUT2D eigenvalue weighted by atomic mass is 10.0. The number of ether oxygens (including phenoxy) is 2. The fourth-order valence-electron chi connectivity index (χ4n) is 5.51. The molecule has 0 aliphatic carbocycles. The van der Waals surface area contributed by atoms with Crippen molar-refractivity contribution in [2.45, 2.75) is 89.5 Å². The molecule has 7 nitrogen and oxygen atoms in total. The molecule has 0 radical (unpaired) electrons. The average Bonchev–Trinajstić information content (AvgIpc) is 3.12. The Morgan fingerprint density at radius 1 is 0.938 bits per heavy atom. The number of rotatable bonds is 8. The van der Waals surface area contributed by atoms with Crippen LogP contribution in [0.15, 0.2) is 30.3 Å². The van der Waals surface area contributed by atoms with Gasteiger partial charge in [-0.05, 0) is 29.1 Å². The van der Waals surface area contributed by atoms with Gasteiger partial charge in [-0.2, -0.15) is 0 Å². The molecule has 4 atom stereocenters. The van der Waals surface area contributed by atoms with Gasteiger partial charge >= 0.3 is 6.09 Å². The van der Waals surface area contributed by atoms with Gasteiger partial charge < -0.3 is 19.2 Å². The van der Waals surface area contributed by atoms with Crippen molar-refractivity contribution in [1.82, 2.24) is 10.2 Å². The van der Waals surface area contributed by atoms with E-state index in [2.05, 4.69) is 46.9 Å². The van der Waals surface area contributed by atoms with Crippen molar-refractivity contribution in [3.8, 4) is 0 Å². The fraction of sp³-hybridized carbons (Fsp3) is 0.667. The highest BCUT2D eigenvalue weighted by atomic mass is 28.4. The Labute approximate surface area is 192 Å². The van der Waals surface area contributed by atoms with E-state index in [1.54, 1.807) is 0 Å². The van der Waals surface area contributed by atoms with E-state index in [0.29, 0.717) is 16.6 Å². The first-order valence-corrected chi connectivity index (χ1v) is 13.8. The van der Waals surface area contributed by atoms with Crippen molar-refractivity contribution in [2.24, 2.45) is 0 Å². The van der Waals surface area contributed by atoms with Crippen molar-refractivity contribution < 1.29 is 23.5 Å². The van der Waals surface area contributed by atoms with Crippen LogP contribution in [0.2, 0.25) is 16.6 Å². The molecule has 2 aliphatic heterocycles. The minimum Gasteiger partial charge on any atom is -0.447 e. The van der Waals surface area contributed by atoms with Crippen LogP contribution >= 0.6 is 0 Å². The number of hydrogen-bond donors (Lipinski definition) is 1. The maximum Gasteiger partial charge on any atom is 0.411 e. The number of nitrogens with one attached hydrogen (secondary N) is 1. The second-order valence-corrected chi connectivity index (χ2v) is 15.2. The lowest BCUT2D eigenvalue weighted by Crippen LogP contribution is -2.62. The van der Waals surface area contributed by atoms with E-state index in [4.69, 9.17) is 13.9 Å². The molecule has 2 heterocycles. The molecule has 2 fully saturated rings. The fourth-order valence-corrected chi connectivity index (χ4v) is 11.1. The monoisotopic (exact) mass is 462 g/mol. The van der Waals surface area contributed by atoms with Crippen LogP contribution in [-0.2, 0) is 18.7 Å². The van der Waals surface area contributed by atoms with Crippen molar-refractivity contribution in [1.29, 1.82) is 0 Å². The van der Waals surface area contributed by atoms with Gasteiger partial charge in [0.05, 0.1) is 18.8 Å². The number of nitrogens with zero attached hydrogens (tertiary/aromatic N) is 1. The highest BCUT2D eigenvalue weighted by Crippen LogP contribution is 2.43. The van der Waals surface area contributed by atoms with Crippen LogP contribution in [0.5, 0.6) is 0 Å². The van der Waals surface area contributed by atoms with E-state index in [1.165, 1.54) is 4.90 Å². The van der Waals surface area contributed by atoms with Gasteiger partial charge in [-0.25, -0.2) is 4.79 Å². The summed E-state index contributed by atoms with van der Waals surface area (Å²) in [5.74, 6) is -0.234. The normalized spacial score (nSPS) is 25.4. The summed E-state index contributed by atoms with van der Waals surface area (Å²) in [6.45, 7) is 15.7. The third-order valence-corrected chi connectivity index (χ3v) is 13.2. The number of cyclic esters (lactones) is 1. The van der Waals surface area contributed by atoms with E-state index in [9.17, 15) is 9.59 Å². The molecule has 1 N–H and O–H groups in total. The second-order valence-electron chi connectivity index (χ2n) is 9.83. The Balaban J connectivity index is 1.72. The predicted molar refractivity (Wildman–Crippen MR) is 126 cm³/mol. The van der Waals surface area contributed by atoms with Gasteiger partial charge in [-0.3, -0.25) is 9.69 Å². The van der Waals surface area contributed by atoms with Crippen LogP contribution in [0.4, 0.5) is 4.79 Å². The number of carbonyl (C=O) groups excluding carboxylic acids is 2. The zero-order valence-corrected chi connectivity index (χ0v) is 21.3. The quantitative estimate of drug-likeness (QED) is 0.571. The maximum absolute atomic E-state index is 13.1. The summed E-state index contributed by atoms with van der Waals surface area (Å²) in [6, 6.07) is 8.58. The molecule has 0 unspecified atom stereocenters. The molecule has 3 rings (SSSR count). The molecule has 0 aromatic heterocycles. The molecule has 2 saturated heterocycles. The van der Waals surface area contributed by atoms with Crippen molar-refractivity contribution in [3.63, 3.8) is 0 Å². The van der Waals surface area contributed by atoms with Crippen LogP contribution in [0.25, 0.3) is 0 Å². The standard InChI is InChI=1S/C24H38N2O5Si/c1-15(2)32(16(3)4,17(5)6)31-18(7)23-25-22(27)21(14-29-23)26-20(13-30-24(26)28)19-11-9-8-10-12-19/h8-12,15-18,20-21,23H,13-14H2,1-7H3,(H,25,27)/t18-,20+,21+,23+/m0/s1. The zero-order chi connectivity index (χ0) is 23.6.